The van der Waals surface area contributed by atoms with Crippen LogP contribution in [0.15, 0.2) is 54.6 Å². The molecule has 0 saturated heterocycles. The summed E-state index contributed by atoms with van der Waals surface area (Å²) in [6, 6.07) is 18.9. The molecule has 0 spiro atoms. The molecule has 0 amide bonds. The average molecular weight is 284 g/mol. The fourth-order valence-electron chi connectivity index (χ4n) is 2.22. The van der Waals surface area contributed by atoms with E-state index in [9.17, 15) is 0 Å². The van der Waals surface area contributed by atoms with Gasteiger partial charge >= 0.3 is 0 Å². The van der Waals surface area contributed by atoms with Crippen molar-refractivity contribution in [2.75, 3.05) is 25.0 Å². The van der Waals surface area contributed by atoms with E-state index in [0.717, 1.165) is 24.5 Å². The molecular weight excluding hydrogens is 260 g/mol. The second-order valence-corrected chi connectivity index (χ2v) is 4.97. The monoisotopic (exact) mass is 284 g/mol. The van der Waals surface area contributed by atoms with Crippen LogP contribution in [-0.2, 0) is 0 Å². The van der Waals surface area contributed by atoms with E-state index < -0.39 is 0 Å². The van der Waals surface area contributed by atoms with Crippen LogP contribution in [0.1, 0.15) is 25.5 Å². The number of nitrogens with one attached hydrogen (secondary N) is 2. The van der Waals surface area contributed by atoms with Gasteiger partial charge in [-0.3, -0.25) is 0 Å². The Hall–Kier alpha value is -2.00. The molecule has 0 saturated carbocycles. The molecule has 112 valence electrons. The molecule has 0 aromatic heterocycles. The number of rotatable bonds is 8. The zero-order valence-electron chi connectivity index (χ0n) is 12.8. The van der Waals surface area contributed by atoms with E-state index >= 15 is 0 Å². The van der Waals surface area contributed by atoms with E-state index in [-0.39, 0.29) is 0 Å². The minimum atomic E-state index is 0.364. The van der Waals surface area contributed by atoms with Gasteiger partial charge in [0, 0.05) is 30.9 Å². The molecule has 0 aliphatic heterocycles. The summed E-state index contributed by atoms with van der Waals surface area (Å²) in [5.41, 5.74) is 2.41. The van der Waals surface area contributed by atoms with Crippen LogP contribution in [0.25, 0.3) is 0 Å². The Morgan fingerprint density at radius 3 is 2.57 bits per heavy atom. The number of hydrogen-bond donors (Lipinski definition) is 2. The highest BCUT2D eigenvalue weighted by Crippen LogP contribution is 2.17. The Kier molecular flexibility index (Phi) is 6.10. The van der Waals surface area contributed by atoms with Gasteiger partial charge in [-0.1, -0.05) is 36.4 Å². The lowest BCUT2D eigenvalue weighted by Gasteiger charge is -2.15. The molecule has 3 heteroatoms. The fourth-order valence-corrected chi connectivity index (χ4v) is 2.22. The van der Waals surface area contributed by atoms with Crippen molar-refractivity contribution >= 4 is 5.69 Å². The van der Waals surface area contributed by atoms with Gasteiger partial charge < -0.3 is 15.4 Å². The van der Waals surface area contributed by atoms with E-state index in [4.69, 9.17) is 4.74 Å². The Labute approximate surface area is 127 Å². The number of hydrogen-bond acceptors (Lipinski definition) is 3. The summed E-state index contributed by atoms with van der Waals surface area (Å²) in [5, 5.41) is 6.92. The van der Waals surface area contributed by atoms with Crippen molar-refractivity contribution in [3.05, 3.63) is 60.2 Å². The summed E-state index contributed by atoms with van der Waals surface area (Å²) in [4.78, 5) is 0. The van der Waals surface area contributed by atoms with Gasteiger partial charge in [0.15, 0.2) is 0 Å². The van der Waals surface area contributed by atoms with Gasteiger partial charge in [-0.2, -0.15) is 0 Å². The van der Waals surface area contributed by atoms with E-state index in [1.165, 1.54) is 5.56 Å². The first-order valence-electron chi connectivity index (χ1n) is 7.54. The van der Waals surface area contributed by atoms with E-state index in [1.807, 2.05) is 31.2 Å². The molecule has 0 radical (unpaired) electrons. The zero-order valence-corrected chi connectivity index (χ0v) is 12.8. The quantitative estimate of drug-likeness (QED) is 0.722. The maximum Gasteiger partial charge on any atom is 0.121 e. The molecule has 2 aromatic rings. The lowest BCUT2D eigenvalue weighted by molar-refractivity contribution is 0.340. The normalized spacial score (nSPS) is 11.9. The van der Waals surface area contributed by atoms with Gasteiger partial charge in [-0.25, -0.2) is 0 Å². The third-order valence-corrected chi connectivity index (χ3v) is 3.35. The number of benzene rings is 2. The standard InChI is InChI=1S/C18H24N2O/c1-3-21-18-11-7-10-17(14-18)20-13-12-19-15(2)16-8-5-4-6-9-16/h4-11,14-15,19-20H,3,12-13H2,1-2H3. The first-order valence-corrected chi connectivity index (χ1v) is 7.54. The highest BCUT2D eigenvalue weighted by atomic mass is 16.5. The average Bonchev–Trinajstić information content (AvgIpc) is 2.53. The minimum Gasteiger partial charge on any atom is -0.494 e. The first kappa shape index (κ1) is 15.4. The van der Waals surface area contributed by atoms with Gasteiger partial charge in [-0.05, 0) is 31.5 Å². The fraction of sp³-hybridized carbons (Fsp3) is 0.333. The van der Waals surface area contributed by atoms with Crippen molar-refractivity contribution in [3.8, 4) is 5.75 Å². The van der Waals surface area contributed by atoms with E-state index in [2.05, 4.69) is 47.9 Å². The smallest absolute Gasteiger partial charge is 0.121 e. The summed E-state index contributed by atoms with van der Waals surface area (Å²) in [6.07, 6.45) is 0. The molecule has 2 N–H and O–H groups in total. The van der Waals surface area contributed by atoms with Crippen LogP contribution in [0.5, 0.6) is 5.75 Å². The molecule has 0 bridgehead atoms. The highest BCUT2D eigenvalue weighted by Gasteiger charge is 2.02. The SMILES string of the molecule is CCOc1cccc(NCCNC(C)c2ccccc2)c1. The van der Waals surface area contributed by atoms with Gasteiger partial charge in [0.1, 0.15) is 5.75 Å². The summed E-state index contributed by atoms with van der Waals surface area (Å²) < 4.78 is 5.49. The van der Waals surface area contributed by atoms with Gasteiger partial charge in [0.05, 0.1) is 6.61 Å². The minimum absolute atomic E-state index is 0.364. The molecular formula is C18H24N2O. The maximum absolute atomic E-state index is 5.49. The topological polar surface area (TPSA) is 33.3 Å². The summed E-state index contributed by atoms with van der Waals surface area (Å²) in [6.45, 7) is 6.67. The van der Waals surface area contributed by atoms with Gasteiger partial charge in [0.25, 0.3) is 0 Å². The molecule has 1 atom stereocenters. The molecule has 21 heavy (non-hydrogen) atoms. The molecule has 0 aliphatic rings. The van der Waals surface area contributed by atoms with Gasteiger partial charge in [0.2, 0.25) is 0 Å². The Morgan fingerprint density at radius 2 is 1.81 bits per heavy atom. The molecule has 1 unspecified atom stereocenters. The van der Waals surface area contributed by atoms with Crippen LogP contribution in [0.3, 0.4) is 0 Å². The Bertz CT molecular complexity index is 528. The lowest BCUT2D eigenvalue weighted by Crippen LogP contribution is -2.25. The van der Waals surface area contributed by atoms with E-state index in [1.54, 1.807) is 0 Å². The third kappa shape index (κ3) is 5.12. The van der Waals surface area contributed by atoms with E-state index in [0.29, 0.717) is 12.6 Å². The summed E-state index contributed by atoms with van der Waals surface area (Å²) >= 11 is 0. The van der Waals surface area contributed by atoms with Crippen LogP contribution < -0.4 is 15.4 Å². The van der Waals surface area contributed by atoms with Gasteiger partial charge in [-0.15, -0.1) is 0 Å². The van der Waals surface area contributed by atoms with Crippen LogP contribution >= 0.6 is 0 Å². The number of anilines is 1. The second kappa shape index (κ2) is 8.32. The molecule has 2 aromatic carbocycles. The van der Waals surface area contributed by atoms with Crippen LogP contribution in [-0.4, -0.2) is 19.7 Å². The number of ether oxygens (including phenoxy) is 1. The first-order chi connectivity index (χ1) is 10.3. The molecule has 0 aliphatic carbocycles. The predicted molar refractivity (Wildman–Crippen MR) is 89.0 cm³/mol. The van der Waals surface area contributed by atoms with Crippen molar-refractivity contribution < 1.29 is 4.74 Å². The maximum atomic E-state index is 5.49. The van der Waals surface area contributed by atoms with Crippen molar-refractivity contribution in [2.24, 2.45) is 0 Å². The molecule has 0 heterocycles. The van der Waals surface area contributed by atoms with Crippen molar-refractivity contribution in [1.82, 2.24) is 5.32 Å². The second-order valence-electron chi connectivity index (χ2n) is 4.97. The molecule has 3 nitrogen and oxygen atoms in total. The Balaban J connectivity index is 1.73. The highest BCUT2D eigenvalue weighted by molar-refractivity contribution is 5.48. The third-order valence-electron chi connectivity index (χ3n) is 3.35. The van der Waals surface area contributed by atoms with Crippen LogP contribution in [0, 0.1) is 0 Å². The van der Waals surface area contributed by atoms with Crippen LogP contribution in [0.2, 0.25) is 0 Å². The Morgan fingerprint density at radius 1 is 1.00 bits per heavy atom. The lowest BCUT2D eigenvalue weighted by atomic mass is 10.1. The predicted octanol–water partition coefficient (Wildman–Crippen LogP) is 3.85. The molecule has 0 fully saturated rings. The zero-order chi connectivity index (χ0) is 14.9. The van der Waals surface area contributed by atoms with Crippen molar-refractivity contribution in [1.29, 1.82) is 0 Å². The molecule has 2 rings (SSSR count). The summed E-state index contributed by atoms with van der Waals surface area (Å²) in [5.74, 6) is 0.910. The van der Waals surface area contributed by atoms with Crippen molar-refractivity contribution in [2.45, 2.75) is 19.9 Å². The largest absolute Gasteiger partial charge is 0.494 e. The van der Waals surface area contributed by atoms with Crippen molar-refractivity contribution in [3.63, 3.8) is 0 Å². The summed E-state index contributed by atoms with van der Waals surface area (Å²) in [7, 11) is 0. The van der Waals surface area contributed by atoms with Crippen LogP contribution in [0.4, 0.5) is 5.69 Å².